The lowest BCUT2D eigenvalue weighted by molar-refractivity contribution is -0.385. The molecule has 1 aliphatic rings. The van der Waals surface area contributed by atoms with Gasteiger partial charge in [0.25, 0.3) is 15.7 Å². The number of anilines is 3. The molecule has 0 atom stereocenters. The number of esters is 1. The Morgan fingerprint density at radius 2 is 1.82 bits per heavy atom. The first-order valence-corrected chi connectivity index (χ1v) is 14.7. The number of aryl methyl sites for hydroxylation is 1. The zero-order valence-electron chi connectivity index (χ0n) is 20.6. The van der Waals surface area contributed by atoms with Gasteiger partial charge in [-0.2, -0.15) is 0 Å². The number of nitro benzene ring substituents is 1. The van der Waals surface area contributed by atoms with Gasteiger partial charge in [0.15, 0.2) is 11.6 Å². The summed E-state index contributed by atoms with van der Waals surface area (Å²) < 4.78 is 34.4. The van der Waals surface area contributed by atoms with Crippen molar-refractivity contribution in [3.8, 4) is 0 Å². The van der Waals surface area contributed by atoms with E-state index in [9.17, 15) is 23.3 Å². The van der Waals surface area contributed by atoms with E-state index in [2.05, 4.69) is 20.0 Å². The van der Waals surface area contributed by atoms with Gasteiger partial charge in [0, 0.05) is 17.0 Å². The van der Waals surface area contributed by atoms with E-state index in [-0.39, 0.29) is 23.3 Å². The summed E-state index contributed by atoms with van der Waals surface area (Å²) in [6.45, 7) is 1.93. The molecule has 4 aromatic rings. The van der Waals surface area contributed by atoms with Crippen LogP contribution in [0.2, 0.25) is 5.02 Å². The molecule has 11 nitrogen and oxygen atoms in total. The number of non-ortho nitro benzene ring substituents is 1. The van der Waals surface area contributed by atoms with Crippen LogP contribution < -0.4 is 10.0 Å². The van der Waals surface area contributed by atoms with E-state index in [4.69, 9.17) is 16.3 Å². The quantitative estimate of drug-likeness (QED) is 0.147. The molecular formula is C25H22ClN5O6S2. The standard InChI is InChI=1S/C25H22ClN5O6S2/c1-2-37-25(32)21-15-7-3-6-10-19(15)38-24(21)29-22-23(28-18-9-5-4-8-17(18)27-22)30-39(35,36)20-13-14(31(33)34)11-12-16(20)26/h4-5,8-9,11-13H,2-3,6-7,10H2,1H3,(H,27,29)(H,28,30). The van der Waals surface area contributed by atoms with E-state index in [1.807, 2.05) is 0 Å². The maximum atomic E-state index is 13.4. The summed E-state index contributed by atoms with van der Waals surface area (Å²) in [7, 11) is -4.44. The van der Waals surface area contributed by atoms with Gasteiger partial charge < -0.3 is 10.1 Å². The number of nitrogens with zero attached hydrogens (tertiary/aromatic N) is 3. The number of ether oxygens (including phenoxy) is 1. The highest BCUT2D eigenvalue weighted by Gasteiger charge is 2.29. The van der Waals surface area contributed by atoms with Gasteiger partial charge in [0.2, 0.25) is 0 Å². The lowest BCUT2D eigenvalue weighted by Gasteiger charge is -2.15. The molecule has 0 radical (unpaired) electrons. The van der Waals surface area contributed by atoms with E-state index >= 15 is 0 Å². The van der Waals surface area contributed by atoms with Gasteiger partial charge in [-0.05, 0) is 56.4 Å². The summed E-state index contributed by atoms with van der Waals surface area (Å²) in [6.07, 6.45) is 3.50. The molecule has 202 valence electrons. The highest BCUT2D eigenvalue weighted by atomic mass is 35.5. The van der Waals surface area contributed by atoms with Gasteiger partial charge in [0.05, 0.1) is 33.1 Å². The van der Waals surface area contributed by atoms with Crippen molar-refractivity contribution in [3.05, 3.63) is 73.6 Å². The average Bonchev–Trinajstić information content (AvgIpc) is 3.27. The van der Waals surface area contributed by atoms with Crippen LogP contribution in [0.25, 0.3) is 11.0 Å². The first-order chi connectivity index (χ1) is 18.7. The van der Waals surface area contributed by atoms with Crippen molar-refractivity contribution in [2.24, 2.45) is 0 Å². The summed E-state index contributed by atoms with van der Waals surface area (Å²) in [4.78, 5) is 33.1. The number of halogens is 1. The van der Waals surface area contributed by atoms with Crippen LogP contribution >= 0.6 is 22.9 Å². The number of carbonyl (C=O) groups is 1. The van der Waals surface area contributed by atoms with E-state index in [0.717, 1.165) is 54.3 Å². The Balaban J connectivity index is 1.61. The van der Waals surface area contributed by atoms with E-state index in [1.165, 1.54) is 11.3 Å². The minimum Gasteiger partial charge on any atom is -0.462 e. The van der Waals surface area contributed by atoms with E-state index in [0.29, 0.717) is 21.6 Å². The number of nitrogens with one attached hydrogen (secondary N) is 2. The van der Waals surface area contributed by atoms with E-state index in [1.54, 1.807) is 31.2 Å². The van der Waals surface area contributed by atoms with Crippen molar-refractivity contribution >= 4 is 72.3 Å². The molecule has 0 saturated carbocycles. The Morgan fingerprint density at radius 1 is 1.13 bits per heavy atom. The topological polar surface area (TPSA) is 153 Å². The molecule has 2 N–H and O–H groups in total. The predicted octanol–water partition coefficient (Wildman–Crippen LogP) is 5.85. The summed E-state index contributed by atoms with van der Waals surface area (Å²) in [5.41, 5.74) is 1.77. The Morgan fingerprint density at radius 3 is 2.51 bits per heavy atom. The van der Waals surface area contributed by atoms with Gasteiger partial charge in [-0.25, -0.2) is 23.2 Å². The second kappa shape index (κ2) is 10.8. The molecule has 0 aliphatic heterocycles. The minimum absolute atomic E-state index is 0.0444. The SMILES string of the molecule is CCOC(=O)c1c(Nc2nc3ccccc3nc2NS(=O)(=O)c2cc([N+](=O)[O-])ccc2Cl)sc2c1CCCC2. The molecule has 14 heteroatoms. The van der Waals surface area contributed by atoms with Crippen LogP contribution in [0.3, 0.4) is 0 Å². The molecule has 5 rings (SSSR count). The number of rotatable bonds is 8. The third kappa shape index (κ3) is 5.37. The van der Waals surface area contributed by atoms with E-state index < -0.39 is 31.5 Å². The lowest BCUT2D eigenvalue weighted by atomic mass is 9.95. The number of hydrogen-bond donors (Lipinski definition) is 2. The van der Waals surface area contributed by atoms with Crippen LogP contribution in [0.5, 0.6) is 0 Å². The predicted molar refractivity (Wildman–Crippen MR) is 149 cm³/mol. The first-order valence-electron chi connectivity index (χ1n) is 12.0. The normalized spacial score (nSPS) is 13.1. The van der Waals surface area contributed by atoms with Crippen molar-refractivity contribution in [1.82, 2.24) is 9.97 Å². The zero-order valence-corrected chi connectivity index (χ0v) is 23.0. The fourth-order valence-corrected chi connectivity index (χ4v) is 7.14. The van der Waals surface area contributed by atoms with Crippen LogP contribution in [0.1, 0.15) is 40.6 Å². The number of aromatic nitrogens is 2. The lowest BCUT2D eigenvalue weighted by Crippen LogP contribution is -2.17. The van der Waals surface area contributed by atoms with Crippen molar-refractivity contribution in [2.45, 2.75) is 37.5 Å². The highest BCUT2D eigenvalue weighted by molar-refractivity contribution is 7.92. The largest absolute Gasteiger partial charge is 0.462 e. The maximum absolute atomic E-state index is 13.4. The van der Waals surface area contributed by atoms with Gasteiger partial charge in [-0.3, -0.25) is 14.8 Å². The summed E-state index contributed by atoms with van der Waals surface area (Å²) >= 11 is 7.51. The maximum Gasteiger partial charge on any atom is 0.341 e. The molecular weight excluding hydrogens is 566 g/mol. The molecule has 0 unspecified atom stereocenters. The van der Waals surface area contributed by atoms with Gasteiger partial charge in [-0.15, -0.1) is 11.3 Å². The molecule has 0 fully saturated rings. The summed E-state index contributed by atoms with van der Waals surface area (Å²) in [5.74, 6) is -0.598. The van der Waals surface area contributed by atoms with Crippen LogP contribution in [0.15, 0.2) is 47.4 Å². The second-order valence-electron chi connectivity index (χ2n) is 8.65. The summed E-state index contributed by atoms with van der Waals surface area (Å²) in [5, 5.41) is 14.6. The molecule has 2 aromatic carbocycles. The number of thiophene rings is 1. The zero-order chi connectivity index (χ0) is 27.7. The fourth-order valence-electron chi connectivity index (χ4n) is 4.33. The third-order valence-electron chi connectivity index (χ3n) is 6.10. The van der Waals surface area contributed by atoms with Crippen molar-refractivity contribution in [1.29, 1.82) is 0 Å². The Labute approximate surface area is 232 Å². The molecule has 0 bridgehead atoms. The Kier molecular flexibility index (Phi) is 7.38. The Bertz CT molecular complexity index is 1720. The Hall–Kier alpha value is -3.81. The average molecular weight is 588 g/mol. The molecule has 0 spiro atoms. The molecule has 0 saturated heterocycles. The number of fused-ring (bicyclic) bond motifs is 2. The van der Waals surface area contributed by atoms with Crippen LogP contribution in [-0.2, 0) is 27.6 Å². The van der Waals surface area contributed by atoms with Crippen LogP contribution in [0, 0.1) is 10.1 Å². The van der Waals surface area contributed by atoms with Gasteiger partial charge in [-0.1, -0.05) is 23.7 Å². The fraction of sp³-hybridized carbons (Fsp3) is 0.240. The van der Waals surface area contributed by atoms with Gasteiger partial charge >= 0.3 is 5.97 Å². The van der Waals surface area contributed by atoms with Crippen LogP contribution in [0.4, 0.5) is 22.3 Å². The molecule has 2 aromatic heterocycles. The molecule has 0 amide bonds. The number of sulfonamides is 1. The number of carbonyl (C=O) groups excluding carboxylic acids is 1. The number of benzene rings is 2. The van der Waals surface area contributed by atoms with Crippen molar-refractivity contribution < 1.29 is 22.9 Å². The van der Waals surface area contributed by atoms with Crippen LogP contribution in [-0.4, -0.2) is 35.9 Å². The molecule has 39 heavy (non-hydrogen) atoms. The number of hydrogen-bond acceptors (Lipinski definition) is 10. The molecule has 1 aliphatic carbocycles. The number of para-hydroxylation sites is 2. The van der Waals surface area contributed by atoms with Gasteiger partial charge in [0.1, 0.15) is 9.90 Å². The van der Waals surface area contributed by atoms with Crippen molar-refractivity contribution in [2.75, 3.05) is 16.6 Å². The number of nitro groups is 1. The molecule has 2 heterocycles. The summed E-state index contributed by atoms with van der Waals surface area (Å²) in [6, 6.07) is 10.00. The highest BCUT2D eigenvalue weighted by Crippen LogP contribution is 2.41. The monoisotopic (exact) mass is 587 g/mol. The van der Waals surface area contributed by atoms with Crippen molar-refractivity contribution in [3.63, 3.8) is 0 Å². The smallest absolute Gasteiger partial charge is 0.341 e. The minimum atomic E-state index is -4.44. The third-order valence-corrected chi connectivity index (χ3v) is 9.13. The second-order valence-corrected chi connectivity index (χ2v) is 11.8. The first kappa shape index (κ1) is 26.8.